The van der Waals surface area contributed by atoms with Gasteiger partial charge in [-0.25, -0.2) is 4.68 Å². The number of nitrogens with one attached hydrogen (secondary N) is 1. The van der Waals surface area contributed by atoms with Crippen LogP contribution in [0.15, 0.2) is 36.5 Å². The van der Waals surface area contributed by atoms with Crippen molar-refractivity contribution in [2.75, 3.05) is 13.2 Å². The van der Waals surface area contributed by atoms with Crippen molar-refractivity contribution >= 4 is 5.91 Å². The van der Waals surface area contributed by atoms with E-state index in [4.69, 9.17) is 4.74 Å². The van der Waals surface area contributed by atoms with Crippen LogP contribution < -0.4 is 10.1 Å². The van der Waals surface area contributed by atoms with Gasteiger partial charge in [0.25, 0.3) is 5.91 Å². The number of hydrogen-bond acceptors (Lipinski definition) is 4. The molecule has 130 valence electrons. The van der Waals surface area contributed by atoms with Gasteiger partial charge in [0.15, 0.2) is 11.4 Å². The van der Waals surface area contributed by atoms with E-state index in [9.17, 15) is 9.90 Å². The number of hydrogen-bond donors (Lipinski definition) is 2. The Morgan fingerprint density at radius 3 is 2.62 bits per heavy atom. The van der Waals surface area contributed by atoms with Crippen molar-refractivity contribution in [2.45, 2.75) is 39.2 Å². The van der Waals surface area contributed by atoms with Crippen LogP contribution in [-0.4, -0.2) is 39.5 Å². The number of aliphatic hydroxyl groups excluding tert-OH is 1. The van der Waals surface area contributed by atoms with Crippen LogP contribution in [0, 0.1) is 0 Å². The fraction of sp³-hybridized carbons (Fsp3) is 0.444. The Morgan fingerprint density at radius 2 is 2.04 bits per heavy atom. The average molecular weight is 331 g/mol. The molecule has 0 fully saturated rings. The molecule has 24 heavy (non-hydrogen) atoms. The lowest BCUT2D eigenvalue weighted by Crippen LogP contribution is -2.46. The third kappa shape index (κ3) is 4.14. The summed E-state index contributed by atoms with van der Waals surface area (Å²) in [7, 11) is 0. The molecule has 1 heterocycles. The molecular formula is C18H25N3O3. The summed E-state index contributed by atoms with van der Waals surface area (Å²) in [5, 5.41) is 16.6. The maximum Gasteiger partial charge on any atom is 0.276 e. The van der Waals surface area contributed by atoms with Gasteiger partial charge in [-0.15, -0.1) is 0 Å². The number of aliphatic hydroxyl groups is 1. The largest absolute Gasteiger partial charge is 0.490 e. The van der Waals surface area contributed by atoms with Gasteiger partial charge >= 0.3 is 0 Å². The van der Waals surface area contributed by atoms with Crippen molar-refractivity contribution in [1.82, 2.24) is 15.1 Å². The number of rotatable bonds is 8. The van der Waals surface area contributed by atoms with Gasteiger partial charge in [0.2, 0.25) is 0 Å². The van der Waals surface area contributed by atoms with Crippen LogP contribution in [0.1, 0.15) is 44.1 Å². The SMILES string of the molecule is CCOc1cn(-c2ccccc2)nc1C(=O)NC(C)(CC)CCO. The van der Waals surface area contributed by atoms with E-state index >= 15 is 0 Å². The lowest BCUT2D eigenvalue weighted by molar-refractivity contribution is 0.0877. The number of carbonyl (C=O) groups is 1. The fourth-order valence-corrected chi connectivity index (χ4v) is 2.40. The average Bonchev–Trinajstić information content (AvgIpc) is 3.00. The van der Waals surface area contributed by atoms with E-state index in [1.54, 1.807) is 10.9 Å². The van der Waals surface area contributed by atoms with E-state index < -0.39 is 5.54 Å². The van der Waals surface area contributed by atoms with E-state index in [0.29, 0.717) is 25.2 Å². The van der Waals surface area contributed by atoms with E-state index in [1.165, 1.54) is 0 Å². The number of nitrogens with zero attached hydrogens (tertiary/aromatic N) is 2. The summed E-state index contributed by atoms with van der Waals surface area (Å²) < 4.78 is 7.21. The Balaban J connectivity index is 2.31. The van der Waals surface area contributed by atoms with Crippen molar-refractivity contribution in [1.29, 1.82) is 0 Å². The Morgan fingerprint density at radius 1 is 1.33 bits per heavy atom. The highest BCUT2D eigenvalue weighted by molar-refractivity contribution is 5.95. The van der Waals surface area contributed by atoms with Gasteiger partial charge in [-0.3, -0.25) is 4.79 Å². The molecule has 0 aliphatic carbocycles. The number of benzene rings is 1. The highest BCUT2D eigenvalue weighted by atomic mass is 16.5. The van der Waals surface area contributed by atoms with Gasteiger partial charge in [0.05, 0.1) is 18.5 Å². The molecule has 6 heteroatoms. The molecule has 1 amide bonds. The number of carbonyl (C=O) groups excluding carboxylic acids is 1. The minimum absolute atomic E-state index is 0.0153. The first kappa shape index (κ1) is 18.0. The van der Waals surface area contributed by atoms with Crippen molar-refractivity contribution in [3.05, 3.63) is 42.2 Å². The molecule has 6 nitrogen and oxygen atoms in total. The predicted molar refractivity (Wildman–Crippen MR) is 92.6 cm³/mol. The highest BCUT2D eigenvalue weighted by Crippen LogP contribution is 2.22. The van der Waals surface area contributed by atoms with E-state index in [1.807, 2.05) is 51.1 Å². The van der Waals surface area contributed by atoms with E-state index in [-0.39, 0.29) is 18.2 Å². The molecule has 1 aromatic carbocycles. The Labute approximate surface area is 142 Å². The number of para-hydroxylation sites is 1. The smallest absolute Gasteiger partial charge is 0.276 e. The lowest BCUT2D eigenvalue weighted by Gasteiger charge is -2.28. The maximum absolute atomic E-state index is 12.7. The number of ether oxygens (including phenoxy) is 1. The molecular weight excluding hydrogens is 306 g/mol. The molecule has 2 aromatic rings. The summed E-state index contributed by atoms with van der Waals surface area (Å²) in [6.45, 7) is 6.21. The summed E-state index contributed by atoms with van der Waals surface area (Å²) in [6.07, 6.45) is 2.91. The van der Waals surface area contributed by atoms with Gasteiger partial charge in [-0.05, 0) is 38.8 Å². The second kappa shape index (κ2) is 7.97. The summed E-state index contributed by atoms with van der Waals surface area (Å²) >= 11 is 0. The minimum Gasteiger partial charge on any atom is -0.490 e. The Bertz CT molecular complexity index is 669. The van der Waals surface area contributed by atoms with Crippen molar-refractivity contribution in [3.63, 3.8) is 0 Å². The molecule has 0 radical (unpaired) electrons. The number of amides is 1. The molecule has 1 aromatic heterocycles. The quantitative estimate of drug-likeness (QED) is 0.779. The first-order chi connectivity index (χ1) is 11.5. The van der Waals surface area contributed by atoms with Gasteiger partial charge in [0.1, 0.15) is 0 Å². The molecule has 0 saturated carbocycles. The lowest BCUT2D eigenvalue weighted by atomic mass is 9.94. The summed E-state index contributed by atoms with van der Waals surface area (Å²) in [5.74, 6) is 0.146. The second-order valence-electron chi connectivity index (χ2n) is 5.90. The van der Waals surface area contributed by atoms with Crippen LogP contribution in [0.2, 0.25) is 0 Å². The standard InChI is InChI=1S/C18H25N3O3/c1-4-18(3,11-12-22)19-17(23)16-15(24-5-2)13-21(20-16)14-9-7-6-8-10-14/h6-10,13,22H,4-5,11-12H2,1-3H3,(H,19,23). The van der Waals surface area contributed by atoms with Gasteiger partial charge in [-0.1, -0.05) is 25.1 Å². The Hall–Kier alpha value is -2.34. The zero-order valence-corrected chi connectivity index (χ0v) is 14.5. The zero-order chi connectivity index (χ0) is 17.6. The topological polar surface area (TPSA) is 76.4 Å². The third-order valence-corrected chi connectivity index (χ3v) is 4.08. The molecule has 0 aliphatic heterocycles. The first-order valence-corrected chi connectivity index (χ1v) is 8.24. The van der Waals surface area contributed by atoms with Crippen molar-refractivity contribution < 1.29 is 14.6 Å². The predicted octanol–water partition coefficient (Wildman–Crippen LogP) is 2.55. The first-order valence-electron chi connectivity index (χ1n) is 8.24. The summed E-state index contributed by atoms with van der Waals surface area (Å²) in [5.41, 5.74) is 0.621. The second-order valence-corrected chi connectivity index (χ2v) is 5.90. The van der Waals surface area contributed by atoms with Crippen molar-refractivity contribution in [3.8, 4) is 11.4 Å². The minimum atomic E-state index is -0.480. The van der Waals surface area contributed by atoms with Gasteiger partial charge < -0.3 is 15.2 Å². The van der Waals surface area contributed by atoms with E-state index in [2.05, 4.69) is 10.4 Å². The zero-order valence-electron chi connectivity index (χ0n) is 14.5. The molecule has 2 N–H and O–H groups in total. The normalized spacial score (nSPS) is 13.3. The third-order valence-electron chi connectivity index (χ3n) is 4.08. The van der Waals surface area contributed by atoms with Crippen LogP contribution >= 0.6 is 0 Å². The van der Waals surface area contributed by atoms with Crippen LogP contribution in [-0.2, 0) is 0 Å². The highest BCUT2D eigenvalue weighted by Gasteiger charge is 2.27. The van der Waals surface area contributed by atoms with Gasteiger partial charge in [0, 0.05) is 12.1 Å². The van der Waals surface area contributed by atoms with E-state index in [0.717, 1.165) is 5.69 Å². The Kier molecular flexibility index (Phi) is 5.98. The summed E-state index contributed by atoms with van der Waals surface area (Å²) in [4.78, 5) is 12.7. The van der Waals surface area contributed by atoms with Crippen LogP contribution in [0.5, 0.6) is 5.75 Å². The molecule has 2 rings (SSSR count). The van der Waals surface area contributed by atoms with Gasteiger partial charge in [-0.2, -0.15) is 5.10 Å². The van der Waals surface area contributed by atoms with Crippen LogP contribution in [0.3, 0.4) is 0 Å². The van der Waals surface area contributed by atoms with Crippen LogP contribution in [0.25, 0.3) is 5.69 Å². The van der Waals surface area contributed by atoms with Crippen LogP contribution in [0.4, 0.5) is 0 Å². The molecule has 1 unspecified atom stereocenters. The molecule has 0 aliphatic rings. The molecule has 0 saturated heterocycles. The fourth-order valence-electron chi connectivity index (χ4n) is 2.40. The molecule has 1 atom stereocenters. The van der Waals surface area contributed by atoms with Crippen molar-refractivity contribution in [2.24, 2.45) is 0 Å². The summed E-state index contributed by atoms with van der Waals surface area (Å²) in [6, 6.07) is 9.56. The monoisotopic (exact) mass is 331 g/mol. The maximum atomic E-state index is 12.7. The number of aromatic nitrogens is 2. The molecule has 0 bridgehead atoms. The molecule has 0 spiro atoms.